The molecule has 36 heavy (non-hydrogen) atoms. The molecule has 6 aromatic rings. The zero-order valence-electron chi connectivity index (χ0n) is 19.3. The maximum absolute atomic E-state index is 13.7. The average molecular weight is 496 g/mol. The smallest absolute Gasteiger partial charge is 0.176 e. The van der Waals surface area contributed by atoms with Gasteiger partial charge in [0.2, 0.25) is 0 Å². The number of aromatic amines is 2. The molecule has 1 saturated heterocycles. The van der Waals surface area contributed by atoms with Gasteiger partial charge in [-0.1, -0.05) is 6.07 Å². The van der Waals surface area contributed by atoms with Gasteiger partial charge in [0.25, 0.3) is 0 Å². The van der Waals surface area contributed by atoms with Crippen LogP contribution in [0.25, 0.3) is 55.0 Å². The van der Waals surface area contributed by atoms with E-state index in [2.05, 4.69) is 48.2 Å². The van der Waals surface area contributed by atoms with Crippen LogP contribution in [0.5, 0.6) is 0 Å². The summed E-state index contributed by atoms with van der Waals surface area (Å²) in [7, 11) is 0. The van der Waals surface area contributed by atoms with E-state index in [1.807, 2.05) is 18.5 Å². The van der Waals surface area contributed by atoms with E-state index in [0.29, 0.717) is 5.82 Å². The summed E-state index contributed by atoms with van der Waals surface area (Å²) in [5.74, 6) is 0.639. The maximum Gasteiger partial charge on any atom is 0.176 e. The fourth-order valence-electron chi connectivity index (χ4n) is 4.99. The summed E-state index contributed by atoms with van der Waals surface area (Å²) in [6.45, 7) is 3.25. The van der Waals surface area contributed by atoms with Gasteiger partial charge in [0.05, 0.1) is 17.2 Å². The summed E-state index contributed by atoms with van der Waals surface area (Å²) in [5.41, 5.74) is 7.36. The van der Waals surface area contributed by atoms with Crippen LogP contribution in [0.4, 0.5) is 4.39 Å². The third-order valence-electron chi connectivity index (χ3n) is 6.75. The van der Waals surface area contributed by atoms with E-state index < -0.39 is 0 Å². The number of hydrogen-bond donors (Lipinski definition) is 2. The normalized spacial score (nSPS) is 14.4. The van der Waals surface area contributed by atoms with Crippen LogP contribution in [0.3, 0.4) is 0 Å². The Morgan fingerprint density at radius 3 is 2.67 bits per heavy atom. The zero-order chi connectivity index (χ0) is 24.1. The molecule has 178 valence electrons. The van der Waals surface area contributed by atoms with E-state index in [9.17, 15) is 4.39 Å². The van der Waals surface area contributed by atoms with Crippen LogP contribution in [-0.2, 0) is 6.54 Å². The molecule has 0 unspecified atom stereocenters. The Labute approximate surface area is 210 Å². The standard InChI is InChI=1S/C27H22FN7S/c28-24-6-5-23(36-24)20-13-30-14-22-25(20)32-27(31-22)26-19-10-17(3-4-21(19)33-34-26)18-9-16(11-29-12-18)15-35-7-1-2-8-35/h3-6,9-14H,1-2,7-8,15H2,(H,31,32)(H,33,34). The van der Waals surface area contributed by atoms with Crippen molar-refractivity contribution < 1.29 is 4.39 Å². The monoisotopic (exact) mass is 495 g/mol. The molecule has 5 aromatic heterocycles. The molecule has 0 spiro atoms. The SMILES string of the molecule is Fc1ccc(-c2cncc3[nH]c(-c4n[nH]c5ccc(-c6cncc(CN7CCCC7)c6)cc45)nc23)s1. The van der Waals surface area contributed by atoms with Crippen LogP contribution in [-0.4, -0.2) is 48.1 Å². The Hall–Kier alpha value is -3.95. The van der Waals surface area contributed by atoms with Gasteiger partial charge >= 0.3 is 0 Å². The van der Waals surface area contributed by atoms with Crippen LogP contribution in [0.15, 0.2) is 61.2 Å². The molecular weight excluding hydrogens is 473 g/mol. The highest BCUT2D eigenvalue weighted by atomic mass is 32.1. The molecule has 7 rings (SSSR count). The molecular formula is C27H22FN7S. The predicted octanol–water partition coefficient (Wildman–Crippen LogP) is 6.03. The molecule has 0 aliphatic carbocycles. The second-order valence-electron chi connectivity index (χ2n) is 9.17. The Bertz CT molecular complexity index is 1710. The first kappa shape index (κ1) is 21.3. The number of H-pyrrole nitrogens is 2. The lowest BCUT2D eigenvalue weighted by Gasteiger charge is -2.14. The number of imidazole rings is 1. The van der Waals surface area contributed by atoms with Crippen molar-refractivity contribution in [2.45, 2.75) is 19.4 Å². The van der Waals surface area contributed by atoms with Crippen molar-refractivity contribution in [1.82, 2.24) is 35.0 Å². The van der Waals surface area contributed by atoms with E-state index in [4.69, 9.17) is 4.98 Å². The topological polar surface area (TPSA) is 86.4 Å². The number of pyridine rings is 2. The van der Waals surface area contributed by atoms with Gasteiger partial charge in [-0.25, -0.2) is 4.98 Å². The molecule has 0 atom stereocenters. The highest BCUT2D eigenvalue weighted by molar-refractivity contribution is 7.14. The van der Waals surface area contributed by atoms with Crippen molar-refractivity contribution >= 4 is 33.3 Å². The Morgan fingerprint density at radius 2 is 1.81 bits per heavy atom. The third-order valence-corrected chi connectivity index (χ3v) is 7.66. The van der Waals surface area contributed by atoms with Crippen LogP contribution < -0.4 is 0 Å². The molecule has 0 amide bonds. The number of rotatable bonds is 5. The molecule has 6 heterocycles. The summed E-state index contributed by atoms with van der Waals surface area (Å²) in [6, 6.07) is 11.7. The number of thiophene rings is 1. The Morgan fingerprint density at radius 1 is 0.917 bits per heavy atom. The highest BCUT2D eigenvalue weighted by Gasteiger charge is 2.17. The first-order valence-electron chi connectivity index (χ1n) is 12.0. The largest absolute Gasteiger partial charge is 0.335 e. The van der Waals surface area contributed by atoms with Crippen LogP contribution in [0.2, 0.25) is 0 Å². The van der Waals surface area contributed by atoms with Crippen molar-refractivity contribution in [2.24, 2.45) is 0 Å². The second-order valence-corrected chi connectivity index (χ2v) is 10.2. The summed E-state index contributed by atoms with van der Waals surface area (Å²) in [6.07, 6.45) is 9.88. The molecule has 1 fully saturated rings. The van der Waals surface area contributed by atoms with Gasteiger partial charge in [0, 0.05) is 46.5 Å². The van der Waals surface area contributed by atoms with Crippen molar-refractivity contribution in [1.29, 1.82) is 0 Å². The minimum atomic E-state index is -0.234. The van der Waals surface area contributed by atoms with Gasteiger partial charge in [-0.2, -0.15) is 9.49 Å². The number of nitrogens with zero attached hydrogens (tertiary/aromatic N) is 5. The van der Waals surface area contributed by atoms with Crippen LogP contribution in [0.1, 0.15) is 18.4 Å². The lowest BCUT2D eigenvalue weighted by molar-refractivity contribution is 0.331. The molecule has 9 heteroatoms. The molecule has 0 bridgehead atoms. The average Bonchev–Trinajstić information content (AvgIpc) is 3.70. The summed E-state index contributed by atoms with van der Waals surface area (Å²) in [5, 5.41) is 8.42. The second kappa shape index (κ2) is 8.61. The molecule has 2 N–H and O–H groups in total. The van der Waals surface area contributed by atoms with Gasteiger partial charge in [-0.15, -0.1) is 11.3 Å². The molecule has 0 radical (unpaired) electrons. The number of hydrogen-bond acceptors (Lipinski definition) is 6. The van der Waals surface area contributed by atoms with E-state index >= 15 is 0 Å². The Kier molecular flexibility index (Phi) is 5.11. The fourth-order valence-corrected chi connectivity index (χ4v) is 5.73. The fraction of sp³-hybridized carbons (Fsp3) is 0.185. The number of benzene rings is 1. The molecule has 1 aliphatic rings. The van der Waals surface area contributed by atoms with Crippen molar-refractivity contribution in [3.63, 3.8) is 0 Å². The van der Waals surface area contributed by atoms with Crippen molar-refractivity contribution in [2.75, 3.05) is 13.1 Å². The molecule has 7 nitrogen and oxygen atoms in total. The molecule has 1 aromatic carbocycles. The first-order chi connectivity index (χ1) is 17.7. The first-order valence-corrected chi connectivity index (χ1v) is 12.8. The maximum atomic E-state index is 13.7. The highest BCUT2D eigenvalue weighted by Crippen LogP contribution is 2.35. The predicted molar refractivity (Wildman–Crippen MR) is 140 cm³/mol. The van der Waals surface area contributed by atoms with Gasteiger partial charge in [0.15, 0.2) is 11.0 Å². The van der Waals surface area contributed by atoms with Gasteiger partial charge in [0.1, 0.15) is 11.2 Å². The number of fused-ring (bicyclic) bond motifs is 2. The quantitative estimate of drug-likeness (QED) is 0.305. The number of nitrogens with one attached hydrogen (secondary N) is 2. The van der Waals surface area contributed by atoms with Gasteiger partial charge in [-0.3, -0.25) is 20.0 Å². The number of halogens is 1. The summed E-state index contributed by atoms with van der Waals surface area (Å²) >= 11 is 1.08. The zero-order valence-corrected chi connectivity index (χ0v) is 20.1. The van der Waals surface area contributed by atoms with Gasteiger partial charge in [-0.05, 0) is 67.4 Å². The van der Waals surface area contributed by atoms with E-state index in [-0.39, 0.29) is 5.13 Å². The van der Waals surface area contributed by atoms with E-state index in [1.54, 1.807) is 18.5 Å². The minimum absolute atomic E-state index is 0.234. The van der Waals surface area contributed by atoms with E-state index in [1.165, 1.54) is 24.5 Å². The minimum Gasteiger partial charge on any atom is -0.335 e. The number of likely N-dealkylation sites (tertiary alicyclic amines) is 1. The lowest BCUT2D eigenvalue weighted by atomic mass is 10.0. The molecule has 1 aliphatic heterocycles. The summed E-state index contributed by atoms with van der Waals surface area (Å²) in [4.78, 5) is 20.3. The van der Waals surface area contributed by atoms with Gasteiger partial charge < -0.3 is 4.98 Å². The van der Waals surface area contributed by atoms with Crippen LogP contribution >= 0.6 is 11.3 Å². The summed E-state index contributed by atoms with van der Waals surface area (Å²) < 4.78 is 13.7. The Balaban J connectivity index is 1.28. The van der Waals surface area contributed by atoms with E-state index in [0.717, 1.165) is 80.2 Å². The number of aromatic nitrogens is 6. The third kappa shape index (κ3) is 3.77. The molecule has 0 saturated carbocycles. The van der Waals surface area contributed by atoms with Crippen LogP contribution in [0, 0.1) is 5.13 Å². The lowest BCUT2D eigenvalue weighted by Crippen LogP contribution is -2.18. The van der Waals surface area contributed by atoms with Crippen molar-refractivity contribution in [3.8, 4) is 33.1 Å². The van der Waals surface area contributed by atoms with Crippen molar-refractivity contribution in [3.05, 3.63) is 71.9 Å².